The van der Waals surface area contributed by atoms with E-state index in [0.29, 0.717) is 11.5 Å². The highest BCUT2D eigenvalue weighted by atomic mass is 127. The number of hydrogen-bond donors (Lipinski definition) is 2. The highest BCUT2D eigenvalue weighted by Crippen LogP contribution is 2.29. The van der Waals surface area contributed by atoms with Crippen molar-refractivity contribution < 1.29 is 10.2 Å². The van der Waals surface area contributed by atoms with Gasteiger partial charge in [-0.3, -0.25) is 0 Å². The molecule has 0 aliphatic carbocycles. The van der Waals surface area contributed by atoms with Gasteiger partial charge in [0.1, 0.15) is 11.5 Å². The molecule has 0 saturated carbocycles. The smallest absolute Gasteiger partial charge is 0.128 e. The zero-order valence-corrected chi connectivity index (χ0v) is 10.9. The van der Waals surface area contributed by atoms with E-state index in [9.17, 15) is 10.2 Å². The number of halogens is 1. The molecule has 0 bridgehead atoms. The van der Waals surface area contributed by atoms with Gasteiger partial charge in [0.15, 0.2) is 0 Å². The van der Waals surface area contributed by atoms with Crippen LogP contribution in [0.2, 0.25) is 0 Å². The monoisotopic (exact) mass is 326 g/mol. The van der Waals surface area contributed by atoms with Gasteiger partial charge >= 0.3 is 0 Å². The van der Waals surface area contributed by atoms with Crippen LogP contribution < -0.4 is 0 Å². The van der Waals surface area contributed by atoms with Crippen LogP contribution in [0.4, 0.5) is 0 Å². The fourth-order valence-electron chi connectivity index (χ4n) is 1.52. The van der Waals surface area contributed by atoms with E-state index in [1.54, 1.807) is 12.1 Å². The SMILES string of the molecule is Cc1cc(-c2ccc(O)c(I)c2)ccc1O. The van der Waals surface area contributed by atoms with Gasteiger partial charge < -0.3 is 10.2 Å². The van der Waals surface area contributed by atoms with E-state index in [4.69, 9.17) is 0 Å². The Kier molecular flexibility index (Phi) is 3.05. The van der Waals surface area contributed by atoms with E-state index >= 15 is 0 Å². The number of phenolic OH excluding ortho intramolecular Hbond substituents is 2. The van der Waals surface area contributed by atoms with Crippen LogP contribution in [-0.4, -0.2) is 10.2 Å². The predicted octanol–water partition coefficient (Wildman–Crippen LogP) is 3.68. The molecule has 0 saturated heterocycles. The topological polar surface area (TPSA) is 40.5 Å². The average molecular weight is 326 g/mol. The molecule has 0 unspecified atom stereocenters. The molecule has 0 amide bonds. The van der Waals surface area contributed by atoms with E-state index in [1.807, 2.05) is 31.2 Å². The molecule has 16 heavy (non-hydrogen) atoms. The number of aryl methyl sites for hydroxylation is 1. The molecule has 2 aromatic carbocycles. The van der Waals surface area contributed by atoms with Crippen molar-refractivity contribution >= 4 is 22.6 Å². The van der Waals surface area contributed by atoms with Crippen molar-refractivity contribution in [2.45, 2.75) is 6.92 Å². The van der Waals surface area contributed by atoms with Gasteiger partial charge in [0.25, 0.3) is 0 Å². The third kappa shape index (κ3) is 2.14. The Bertz CT molecular complexity index is 486. The fourth-order valence-corrected chi connectivity index (χ4v) is 2.04. The van der Waals surface area contributed by atoms with E-state index in [1.165, 1.54) is 0 Å². The van der Waals surface area contributed by atoms with Gasteiger partial charge in [-0.25, -0.2) is 0 Å². The van der Waals surface area contributed by atoms with E-state index in [-0.39, 0.29) is 0 Å². The van der Waals surface area contributed by atoms with Gasteiger partial charge in [-0.2, -0.15) is 0 Å². The minimum absolute atomic E-state index is 0.292. The van der Waals surface area contributed by atoms with E-state index < -0.39 is 0 Å². The number of phenols is 2. The van der Waals surface area contributed by atoms with E-state index in [2.05, 4.69) is 22.6 Å². The molecule has 2 rings (SSSR count). The highest BCUT2D eigenvalue weighted by molar-refractivity contribution is 14.1. The molecule has 82 valence electrons. The van der Waals surface area contributed by atoms with Crippen molar-refractivity contribution in [2.24, 2.45) is 0 Å². The Morgan fingerprint density at radius 2 is 1.44 bits per heavy atom. The standard InChI is InChI=1S/C13H11IO2/c1-8-6-9(2-4-12(8)15)10-3-5-13(16)11(14)7-10/h2-7,15-16H,1H3. The van der Waals surface area contributed by atoms with Gasteiger partial charge in [0.05, 0.1) is 3.57 Å². The maximum Gasteiger partial charge on any atom is 0.128 e. The molecular weight excluding hydrogens is 315 g/mol. The molecule has 0 aliphatic rings. The summed E-state index contributed by atoms with van der Waals surface area (Å²) >= 11 is 2.09. The second-order valence-electron chi connectivity index (χ2n) is 3.67. The van der Waals surface area contributed by atoms with Crippen LogP contribution in [0.25, 0.3) is 11.1 Å². The molecule has 3 heteroatoms. The molecule has 2 nitrogen and oxygen atoms in total. The van der Waals surface area contributed by atoms with Crippen molar-refractivity contribution in [2.75, 3.05) is 0 Å². The first-order chi connectivity index (χ1) is 7.58. The average Bonchev–Trinajstić information content (AvgIpc) is 2.26. The van der Waals surface area contributed by atoms with Gasteiger partial charge in [0.2, 0.25) is 0 Å². The molecular formula is C13H11IO2. The fraction of sp³-hybridized carbons (Fsp3) is 0.0769. The molecule has 0 aliphatic heterocycles. The molecule has 0 radical (unpaired) electrons. The Morgan fingerprint density at radius 1 is 0.875 bits per heavy atom. The first kappa shape index (κ1) is 11.3. The summed E-state index contributed by atoms with van der Waals surface area (Å²) in [6, 6.07) is 10.9. The summed E-state index contributed by atoms with van der Waals surface area (Å²) < 4.78 is 0.820. The van der Waals surface area contributed by atoms with Crippen LogP contribution >= 0.6 is 22.6 Å². The van der Waals surface area contributed by atoms with Crippen molar-refractivity contribution in [1.29, 1.82) is 0 Å². The van der Waals surface area contributed by atoms with Gasteiger partial charge in [0, 0.05) is 0 Å². The Morgan fingerprint density at radius 3 is 2.00 bits per heavy atom. The molecule has 0 aromatic heterocycles. The number of rotatable bonds is 1. The Balaban J connectivity index is 2.50. The largest absolute Gasteiger partial charge is 0.508 e. The molecule has 0 atom stereocenters. The quantitative estimate of drug-likeness (QED) is 0.785. The second kappa shape index (κ2) is 4.33. The zero-order chi connectivity index (χ0) is 11.7. The van der Waals surface area contributed by atoms with Crippen molar-refractivity contribution in [3.63, 3.8) is 0 Å². The van der Waals surface area contributed by atoms with Crippen molar-refractivity contribution in [3.05, 3.63) is 45.5 Å². The summed E-state index contributed by atoms with van der Waals surface area (Å²) in [6.07, 6.45) is 0. The van der Waals surface area contributed by atoms with Gasteiger partial charge in [-0.15, -0.1) is 0 Å². The lowest BCUT2D eigenvalue weighted by atomic mass is 10.0. The van der Waals surface area contributed by atoms with Crippen LogP contribution in [0.1, 0.15) is 5.56 Å². The van der Waals surface area contributed by atoms with Crippen LogP contribution in [0.5, 0.6) is 11.5 Å². The number of benzene rings is 2. The lowest BCUT2D eigenvalue weighted by Crippen LogP contribution is -1.82. The lowest BCUT2D eigenvalue weighted by molar-refractivity contribution is 0.470. The minimum atomic E-state index is 0.292. The first-order valence-electron chi connectivity index (χ1n) is 4.86. The second-order valence-corrected chi connectivity index (χ2v) is 4.83. The normalized spacial score (nSPS) is 10.4. The van der Waals surface area contributed by atoms with E-state index in [0.717, 1.165) is 20.3 Å². The molecule has 0 heterocycles. The summed E-state index contributed by atoms with van der Waals surface area (Å²) in [7, 11) is 0. The Hall–Kier alpha value is -1.23. The summed E-state index contributed by atoms with van der Waals surface area (Å²) in [5.74, 6) is 0.595. The van der Waals surface area contributed by atoms with Crippen molar-refractivity contribution in [3.8, 4) is 22.6 Å². The maximum absolute atomic E-state index is 9.45. The van der Waals surface area contributed by atoms with Gasteiger partial charge in [-0.1, -0.05) is 12.1 Å². The summed E-state index contributed by atoms with van der Waals surface area (Å²) in [4.78, 5) is 0. The zero-order valence-electron chi connectivity index (χ0n) is 8.74. The van der Waals surface area contributed by atoms with Gasteiger partial charge in [-0.05, 0) is 70.5 Å². The molecule has 0 spiro atoms. The van der Waals surface area contributed by atoms with Crippen LogP contribution in [-0.2, 0) is 0 Å². The predicted molar refractivity (Wildman–Crippen MR) is 72.7 cm³/mol. The highest BCUT2D eigenvalue weighted by Gasteiger charge is 2.03. The summed E-state index contributed by atoms with van der Waals surface area (Å²) in [5.41, 5.74) is 2.92. The molecule has 2 aromatic rings. The molecule has 0 fully saturated rings. The summed E-state index contributed by atoms with van der Waals surface area (Å²) in [6.45, 7) is 1.87. The number of aromatic hydroxyl groups is 2. The lowest BCUT2D eigenvalue weighted by Gasteiger charge is -2.06. The maximum atomic E-state index is 9.45. The third-order valence-corrected chi connectivity index (χ3v) is 3.34. The molecule has 2 N–H and O–H groups in total. The van der Waals surface area contributed by atoms with Crippen LogP contribution in [0, 0.1) is 10.5 Å². The minimum Gasteiger partial charge on any atom is -0.508 e. The first-order valence-corrected chi connectivity index (χ1v) is 5.94. The Labute approximate surface area is 108 Å². The number of hydrogen-bond acceptors (Lipinski definition) is 2. The van der Waals surface area contributed by atoms with Crippen LogP contribution in [0.3, 0.4) is 0 Å². The van der Waals surface area contributed by atoms with Crippen LogP contribution in [0.15, 0.2) is 36.4 Å². The van der Waals surface area contributed by atoms with Crippen molar-refractivity contribution in [1.82, 2.24) is 0 Å². The summed E-state index contributed by atoms with van der Waals surface area (Å²) in [5, 5.41) is 18.9. The third-order valence-electron chi connectivity index (χ3n) is 2.48.